The fourth-order valence-electron chi connectivity index (χ4n) is 3.25. The van der Waals surface area contributed by atoms with Crippen LogP contribution in [-0.2, 0) is 0 Å². The number of nitriles is 1. The number of aromatic nitrogens is 2. The summed E-state index contributed by atoms with van der Waals surface area (Å²) in [5.74, 6) is 2.02. The zero-order valence-electron chi connectivity index (χ0n) is 18.4. The molecule has 1 N–H and O–H groups in total. The Morgan fingerprint density at radius 3 is 2.61 bits per heavy atom. The van der Waals surface area contributed by atoms with Crippen molar-refractivity contribution in [3.63, 3.8) is 0 Å². The summed E-state index contributed by atoms with van der Waals surface area (Å²) >= 11 is 2.64. The first-order valence-electron chi connectivity index (χ1n) is 10.3. The first-order chi connectivity index (χ1) is 16.0. The van der Waals surface area contributed by atoms with Gasteiger partial charge in [0.25, 0.3) is 0 Å². The number of aryl methyl sites for hydroxylation is 1. The summed E-state index contributed by atoms with van der Waals surface area (Å²) in [7, 11) is 0. The molecule has 0 aliphatic carbocycles. The van der Waals surface area contributed by atoms with Crippen LogP contribution in [0, 0.1) is 18.3 Å². The van der Waals surface area contributed by atoms with Crippen LogP contribution < -0.4 is 14.2 Å². The minimum atomic E-state index is 0.116. The largest absolute Gasteiger partial charge is 0.491 e. The van der Waals surface area contributed by atoms with E-state index in [9.17, 15) is 5.26 Å². The summed E-state index contributed by atoms with van der Waals surface area (Å²) in [4.78, 5) is 4.96. The third kappa shape index (κ3) is 5.64. The summed E-state index contributed by atoms with van der Waals surface area (Å²) in [5, 5.41) is 10.4. The van der Waals surface area contributed by atoms with Gasteiger partial charge in [0, 0.05) is 22.0 Å². The van der Waals surface area contributed by atoms with Gasteiger partial charge in [0.1, 0.15) is 29.6 Å². The maximum Gasteiger partial charge on any atom is 0.212 e. The van der Waals surface area contributed by atoms with Crippen molar-refractivity contribution < 1.29 is 9.47 Å². The maximum absolute atomic E-state index is 9.71. The van der Waals surface area contributed by atoms with Crippen molar-refractivity contribution in [2.24, 2.45) is 0 Å². The van der Waals surface area contributed by atoms with Crippen LogP contribution in [0.3, 0.4) is 0 Å². The monoisotopic (exact) mass is 474 g/mol. The Bertz CT molecular complexity index is 1280. The molecule has 3 aromatic carbocycles. The minimum Gasteiger partial charge on any atom is -0.491 e. The van der Waals surface area contributed by atoms with Gasteiger partial charge in [-0.25, -0.2) is 4.98 Å². The standard InChI is InChI=1S/C25H22N4O2S2/c1-16(2)30-19-8-10-21(17(3)12-19)22-6-4-5-7-24(22)31-23-11-9-20(13-18(23)14-26)32-29-25-27-15-28-33-25/h4-13,15-16H,1-3H3,(H,27,28,29). The molecule has 0 spiro atoms. The van der Waals surface area contributed by atoms with E-state index in [-0.39, 0.29) is 6.10 Å². The van der Waals surface area contributed by atoms with Crippen LogP contribution in [0.15, 0.2) is 71.9 Å². The Labute approximate surface area is 201 Å². The normalized spacial score (nSPS) is 10.6. The van der Waals surface area contributed by atoms with Gasteiger partial charge < -0.3 is 14.2 Å². The van der Waals surface area contributed by atoms with E-state index in [0.29, 0.717) is 22.2 Å². The Balaban J connectivity index is 1.58. The summed E-state index contributed by atoms with van der Waals surface area (Å²) in [5.41, 5.74) is 3.53. The number of benzene rings is 3. The second-order valence-electron chi connectivity index (χ2n) is 7.46. The van der Waals surface area contributed by atoms with Gasteiger partial charge in [-0.05, 0) is 80.2 Å². The van der Waals surface area contributed by atoms with Crippen molar-refractivity contribution in [3.8, 4) is 34.4 Å². The van der Waals surface area contributed by atoms with E-state index in [1.54, 1.807) is 6.07 Å². The van der Waals surface area contributed by atoms with E-state index in [1.165, 1.54) is 29.8 Å². The van der Waals surface area contributed by atoms with Gasteiger partial charge in [-0.3, -0.25) is 0 Å². The van der Waals surface area contributed by atoms with Gasteiger partial charge in [-0.1, -0.05) is 24.3 Å². The van der Waals surface area contributed by atoms with Gasteiger partial charge in [0.15, 0.2) is 0 Å². The quantitative estimate of drug-likeness (QED) is 0.273. The predicted molar refractivity (Wildman–Crippen MR) is 133 cm³/mol. The lowest BCUT2D eigenvalue weighted by Gasteiger charge is -2.16. The highest BCUT2D eigenvalue weighted by Gasteiger charge is 2.13. The number of hydrogen-bond donors (Lipinski definition) is 1. The smallest absolute Gasteiger partial charge is 0.212 e. The fraction of sp³-hybridized carbons (Fsp3) is 0.160. The minimum absolute atomic E-state index is 0.116. The molecule has 1 heterocycles. The van der Waals surface area contributed by atoms with Crippen molar-refractivity contribution in [2.45, 2.75) is 31.8 Å². The fourth-order valence-corrected chi connectivity index (χ4v) is 4.38. The molecule has 0 amide bonds. The highest BCUT2D eigenvalue weighted by atomic mass is 32.2. The molecule has 8 heteroatoms. The molecule has 166 valence electrons. The van der Waals surface area contributed by atoms with Crippen molar-refractivity contribution >= 4 is 28.6 Å². The molecular formula is C25H22N4O2S2. The molecule has 0 saturated heterocycles. The van der Waals surface area contributed by atoms with Gasteiger partial charge in [0.2, 0.25) is 5.13 Å². The van der Waals surface area contributed by atoms with Crippen molar-refractivity contribution in [3.05, 3.63) is 78.1 Å². The predicted octanol–water partition coefficient (Wildman–Crippen LogP) is 7.08. The molecule has 0 aliphatic rings. The van der Waals surface area contributed by atoms with Crippen molar-refractivity contribution in [1.82, 2.24) is 9.36 Å². The van der Waals surface area contributed by atoms with E-state index in [2.05, 4.69) is 27.1 Å². The number of rotatable bonds is 8. The number of ether oxygens (including phenoxy) is 2. The van der Waals surface area contributed by atoms with E-state index >= 15 is 0 Å². The maximum atomic E-state index is 9.71. The number of para-hydroxylation sites is 1. The Hall–Kier alpha value is -3.54. The molecule has 0 radical (unpaired) electrons. The molecule has 0 unspecified atom stereocenters. The topological polar surface area (TPSA) is 80.1 Å². The second-order valence-corrected chi connectivity index (χ2v) is 9.12. The summed E-state index contributed by atoms with van der Waals surface area (Å²) in [6.07, 6.45) is 1.61. The molecular weight excluding hydrogens is 452 g/mol. The molecule has 1 aromatic heterocycles. The molecule has 4 rings (SSSR count). The Morgan fingerprint density at radius 2 is 1.88 bits per heavy atom. The van der Waals surface area contributed by atoms with Crippen LogP contribution in [-0.4, -0.2) is 15.5 Å². The lowest BCUT2D eigenvalue weighted by atomic mass is 9.99. The van der Waals surface area contributed by atoms with Crippen LogP contribution in [0.2, 0.25) is 0 Å². The van der Waals surface area contributed by atoms with Crippen LogP contribution in [0.25, 0.3) is 11.1 Å². The molecule has 0 saturated carbocycles. The van der Waals surface area contributed by atoms with Gasteiger partial charge in [-0.2, -0.15) is 9.64 Å². The Morgan fingerprint density at radius 1 is 1.03 bits per heavy atom. The van der Waals surface area contributed by atoms with Gasteiger partial charge >= 0.3 is 0 Å². The Kier molecular flexibility index (Phi) is 7.13. The first-order valence-corrected chi connectivity index (χ1v) is 11.9. The highest BCUT2D eigenvalue weighted by molar-refractivity contribution is 8.00. The SMILES string of the molecule is Cc1cc(OC(C)C)ccc1-c1ccccc1Oc1ccc(SNc2ncns2)cc1C#N. The van der Waals surface area contributed by atoms with Crippen molar-refractivity contribution in [2.75, 3.05) is 4.72 Å². The van der Waals surface area contributed by atoms with E-state index < -0.39 is 0 Å². The first kappa shape index (κ1) is 22.6. The van der Waals surface area contributed by atoms with Crippen LogP contribution >= 0.6 is 23.5 Å². The molecule has 0 aliphatic heterocycles. The average molecular weight is 475 g/mol. The zero-order chi connectivity index (χ0) is 23.2. The molecule has 0 atom stereocenters. The lowest BCUT2D eigenvalue weighted by Crippen LogP contribution is -2.05. The van der Waals surface area contributed by atoms with E-state index in [0.717, 1.165) is 27.3 Å². The van der Waals surface area contributed by atoms with E-state index in [1.807, 2.05) is 68.4 Å². The summed E-state index contributed by atoms with van der Waals surface area (Å²) in [6, 6.07) is 21.6. The number of anilines is 1. The summed E-state index contributed by atoms with van der Waals surface area (Å²) in [6.45, 7) is 6.07. The molecule has 0 bridgehead atoms. The molecule has 6 nitrogen and oxygen atoms in total. The highest BCUT2D eigenvalue weighted by Crippen LogP contribution is 2.38. The van der Waals surface area contributed by atoms with Gasteiger partial charge in [-0.15, -0.1) is 0 Å². The van der Waals surface area contributed by atoms with Crippen LogP contribution in [0.5, 0.6) is 17.2 Å². The third-order valence-electron chi connectivity index (χ3n) is 4.66. The van der Waals surface area contributed by atoms with Crippen LogP contribution in [0.1, 0.15) is 25.0 Å². The zero-order valence-corrected chi connectivity index (χ0v) is 20.0. The molecule has 33 heavy (non-hydrogen) atoms. The number of hydrogen-bond acceptors (Lipinski definition) is 8. The lowest BCUT2D eigenvalue weighted by molar-refractivity contribution is 0.242. The van der Waals surface area contributed by atoms with Crippen molar-refractivity contribution in [1.29, 1.82) is 5.26 Å². The van der Waals surface area contributed by atoms with E-state index in [4.69, 9.17) is 9.47 Å². The van der Waals surface area contributed by atoms with Crippen LogP contribution in [0.4, 0.5) is 5.13 Å². The number of nitrogens with zero attached hydrogens (tertiary/aromatic N) is 3. The number of nitrogens with one attached hydrogen (secondary N) is 1. The molecule has 4 aromatic rings. The molecule has 0 fully saturated rings. The third-order valence-corrected chi connectivity index (χ3v) is 6.15. The summed E-state index contributed by atoms with van der Waals surface area (Å²) < 4.78 is 19.1. The average Bonchev–Trinajstić information content (AvgIpc) is 3.32. The second kappa shape index (κ2) is 10.4. The van der Waals surface area contributed by atoms with Gasteiger partial charge in [0.05, 0.1) is 11.7 Å².